The Hall–Kier alpha value is -1.01. The number of carbonyl (C=O) groups excluding carboxylic acids is 1. The number of hydrogen-bond acceptors (Lipinski definition) is 3. The van der Waals surface area contributed by atoms with E-state index < -0.39 is 22.7 Å². The summed E-state index contributed by atoms with van der Waals surface area (Å²) in [5.74, 6) is -1.54. The first-order chi connectivity index (χ1) is 8.21. The summed E-state index contributed by atoms with van der Waals surface area (Å²) >= 11 is 7.45. The average molecular weight is 332 g/mol. The summed E-state index contributed by atoms with van der Waals surface area (Å²) < 4.78 is -0.00000723. The van der Waals surface area contributed by atoms with Crippen molar-refractivity contribution in [2.24, 2.45) is 0 Å². The lowest BCUT2D eigenvalue weighted by molar-refractivity contribution is -0.139. The molecular formula is C12H14BrNO3S. The molecular weight excluding hydrogens is 318 g/mol. The lowest BCUT2D eigenvalue weighted by atomic mass is 10.0. The molecule has 1 unspecified atom stereocenters. The molecule has 6 heteroatoms. The molecule has 0 aromatic heterocycles. The SMILES string of the molecule is CC(C)(S)C(NC(=O)c1ccc(Br)cc1)C(=O)O. The van der Waals surface area contributed by atoms with Crippen LogP contribution in [0, 0.1) is 0 Å². The molecule has 1 atom stereocenters. The van der Waals surface area contributed by atoms with Crippen LogP contribution in [0.3, 0.4) is 0 Å². The number of hydrogen-bond donors (Lipinski definition) is 3. The van der Waals surface area contributed by atoms with Gasteiger partial charge >= 0.3 is 5.97 Å². The van der Waals surface area contributed by atoms with Gasteiger partial charge in [0.2, 0.25) is 0 Å². The molecule has 2 N–H and O–H groups in total. The van der Waals surface area contributed by atoms with E-state index in [9.17, 15) is 9.59 Å². The van der Waals surface area contributed by atoms with Gasteiger partial charge in [-0.3, -0.25) is 4.79 Å². The molecule has 0 aliphatic heterocycles. The van der Waals surface area contributed by atoms with E-state index in [0.717, 1.165) is 4.47 Å². The van der Waals surface area contributed by atoms with Crippen molar-refractivity contribution in [1.29, 1.82) is 0 Å². The Morgan fingerprint density at radius 1 is 1.33 bits per heavy atom. The Kier molecular flexibility index (Phi) is 4.81. The number of aliphatic carboxylic acids is 1. The summed E-state index contributed by atoms with van der Waals surface area (Å²) in [7, 11) is 0. The van der Waals surface area contributed by atoms with E-state index in [-0.39, 0.29) is 0 Å². The molecule has 0 radical (unpaired) electrons. The van der Waals surface area contributed by atoms with Crippen LogP contribution in [0.4, 0.5) is 0 Å². The van der Waals surface area contributed by atoms with Crippen LogP contribution >= 0.6 is 28.6 Å². The second kappa shape index (κ2) is 5.75. The number of nitrogens with one attached hydrogen (secondary N) is 1. The minimum Gasteiger partial charge on any atom is -0.480 e. The van der Waals surface area contributed by atoms with Crippen LogP contribution in [0.1, 0.15) is 24.2 Å². The van der Waals surface area contributed by atoms with Gasteiger partial charge in [0.05, 0.1) is 0 Å². The normalized spacial score (nSPS) is 12.9. The Morgan fingerprint density at radius 2 is 1.83 bits per heavy atom. The fraction of sp³-hybridized carbons (Fsp3) is 0.333. The molecule has 0 bridgehead atoms. The van der Waals surface area contributed by atoms with Crippen molar-refractivity contribution in [2.75, 3.05) is 0 Å². The molecule has 0 heterocycles. The quantitative estimate of drug-likeness (QED) is 0.742. The number of halogens is 1. The molecule has 0 fully saturated rings. The maximum Gasteiger partial charge on any atom is 0.327 e. The first-order valence-electron chi connectivity index (χ1n) is 5.23. The van der Waals surface area contributed by atoms with E-state index in [4.69, 9.17) is 5.11 Å². The molecule has 98 valence electrons. The second-order valence-electron chi connectivity index (χ2n) is 4.41. The predicted octanol–water partition coefficient (Wildman–Crippen LogP) is 2.34. The van der Waals surface area contributed by atoms with Crippen molar-refractivity contribution in [3.63, 3.8) is 0 Å². The number of carboxylic acid groups (broad SMARTS) is 1. The van der Waals surface area contributed by atoms with E-state index in [1.807, 2.05) is 0 Å². The number of thiol groups is 1. The highest BCUT2D eigenvalue weighted by Gasteiger charge is 2.33. The Labute approximate surface area is 119 Å². The average Bonchev–Trinajstić information content (AvgIpc) is 2.24. The van der Waals surface area contributed by atoms with Gasteiger partial charge in [0.1, 0.15) is 6.04 Å². The summed E-state index contributed by atoms with van der Waals surface area (Å²) in [5, 5.41) is 11.5. The van der Waals surface area contributed by atoms with Crippen LogP contribution in [0.25, 0.3) is 0 Å². The third kappa shape index (κ3) is 4.03. The largest absolute Gasteiger partial charge is 0.480 e. The van der Waals surface area contributed by atoms with Crippen LogP contribution in [0.5, 0.6) is 0 Å². The number of carbonyl (C=O) groups is 2. The molecule has 0 aliphatic rings. The summed E-state index contributed by atoms with van der Waals surface area (Å²) in [6, 6.07) is 5.61. The van der Waals surface area contributed by atoms with Gasteiger partial charge in [0.25, 0.3) is 5.91 Å². The van der Waals surface area contributed by atoms with Crippen LogP contribution in [-0.4, -0.2) is 27.8 Å². The Balaban J connectivity index is 2.86. The van der Waals surface area contributed by atoms with Gasteiger partial charge in [-0.2, -0.15) is 12.6 Å². The van der Waals surface area contributed by atoms with Crippen LogP contribution in [0.15, 0.2) is 28.7 Å². The third-order valence-electron chi connectivity index (χ3n) is 2.34. The Bertz CT molecular complexity index is 453. The lowest BCUT2D eigenvalue weighted by Crippen LogP contribution is -2.51. The van der Waals surface area contributed by atoms with Crippen molar-refractivity contribution in [2.45, 2.75) is 24.6 Å². The molecule has 0 saturated heterocycles. The van der Waals surface area contributed by atoms with Gasteiger partial charge in [-0.05, 0) is 38.1 Å². The second-order valence-corrected chi connectivity index (χ2v) is 6.47. The third-order valence-corrected chi connectivity index (χ3v) is 3.12. The fourth-order valence-corrected chi connectivity index (χ4v) is 1.80. The molecule has 18 heavy (non-hydrogen) atoms. The molecule has 1 rings (SSSR count). The van der Waals surface area contributed by atoms with E-state index >= 15 is 0 Å². The minimum absolute atomic E-state index is 0.405. The number of carboxylic acids is 1. The topological polar surface area (TPSA) is 66.4 Å². The first-order valence-corrected chi connectivity index (χ1v) is 6.47. The smallest absolute Gasteiger partial charge is 0.327 e. The fourth-order valence-electron chi connectivity index (χ4n) is 1.36. The number of amides is 1. The van der Waals surface area contributed by atoms with Gasteiger partial charge in [0, 0.05) is 14.8 Å². The highest BCUT2D eigenvalue weighted by Crippen LogP contribution is 2.18. The van der Waals surface area contributed by atoms with E-state index in [1.165, 1.54) is 0 Å². The summed E-state index contributed by atoms with van der Waals surface area (Å²) in [6.07, 6.45) is 0. The number of rotatable bonds is 4. The van der Waals surface area contributed by atoms with E-state index in [2.05, 4.69) is 33.9 Å². The molecule has 0 saturated carbocycles. The standard InChI is InChI=1S/C12H14BrNO3S/c1-12(2,18)9(11(16)17)14-10(15)7-3-5-8(13)6-4-7/h3-6,9,18H,1-2H3,(H,14,15)(H,16,17). The zero-order chi connectivity index (χ0) is 13.9. The highest BCUT2D eigenvalue weighted by atomic mass is 79.9. The molecule has 4 nitrogen and oxygen atoms in total. The van der Waals surface area contributed by atoms with Crippen LogP contribution in [0.2, 0.25) is 0 Å². The van der Waals surface area contributed by atoms with Gasteiger partial charge in [0.15, 0.2) is 0 Å². The summed E-state index contributed by atoms with van der Waals surface area (Å²) in [6.45, 7) is 3.27. The van der Waals surface area contributed by atoms with Crippen molar-refractivity contribution in [1.82, 2.24) is 5.32 Å². The van der Waals surface area contributed by atoms with Crippen molar-refractivity contribution < 1.29 is 14.7 Å². The zero-order valence-electron chi connectivity index (χ0n) is 9.98. The van der Waals surface area contributed by atoms with E-state index in [1.54, 1.807) is 38.1 Å². The molecule has 1 amide bonds. The van der Waals surface area contributed by atoms with Crippen LogP contribution in [-0.2, 0) is 4.79 Å². The van der Waals surface area contributed by atoms with Gasteiger partial charge < -0.3 is 10.4 Å². The lowest BCUT2D eigenvalue weighted by Gasteiger charge is -2.26. The minimum atomic E-state index is -1.11. The maximum absolute atomic E-state index is 11.9. The first kappa shape index (κ1) is 15.0. The van der Waals surface area contributed by atoms with Gasteiger partial charge in [-0.15, -0.1) is 0 Å². The predicted molar refractivity (Wildman–Crippen MR) is 76.1 cm³/mol. The highest BCUT2D eigenvalue weighted by molar-refractivity contribution is 9.10. The molecule has 0 spiro atoms. The van der Waals surface area contributed by atoms with Crippen molar-refractivity contribution >= 4 is 40.4 Å². The molecule has 1 aromatic rings. The van der Waals surface area contributed by atoms with Crippen molar-refractivity contribution in [3.8, 4) is 0 Å². The van der Waals surface area contributed by atoms with Gasteiger partial charge in [-0.1, -0.05) is 15.9 Å². The van der Waals surface area contributed by atoms with Crippen LogP contribution < -0.4 is 5.32 Å². The van der Waals surface area contributed by atoms with Gasteiger partial charge in [-0.25, -0.2) is 4.79 Å². The monoisotopic (exact) mass is 331 g/mol. The summed E-state index contributed by atoms with van der Waals surface area (Å²) in [4.78, 5) is 23.0. The Morgan fingerprint density at radius 3 is 2.22 bits per heavy atom. The molecule has 1 aromatic carbocycles. The molecule has 0 aliphatic carbocycles. The zero-order valence-corrected chi connectivity index (χ0v) is 12.5. The summed E-state index contributed by atoms with van der Waals surface area (Å²) in [5.41, 5.74) is 0.405. The number of benzene rings is 1. The van der Waals surface area contributed by atoms with Crippen molar-refractivity contribution in [3.05, 3.63) is 34.3 Å². The van der Waals surface area contributed by atoms with E-state index in [0.29, 0.717) is 5.56 Å². The maximum atomic E-state index is 11.9.